The molecule has 0 N–H and O–H groups in total. The molecule has 26 heavy (non-hydrogen) atoms. The molecule has 0 aliphatic heterocycles. The maximum atomic E-state index is 11.7. The van der Waals surface area contributed by atoms with Gasteiger partial charge < -0.3 is 0 Å². The molecule has 0 bridgehead atoms. The van der Waals surface area contributed by atoms with Crippen LogP contribution < -0.4 is 0 Å². The maximum absolute atomic E-state index is 11.7. The molecule has 0 unspecified atom stereocenters. The summed E-state index contributed by atoms with van der Waals surface area (Å²) in [5, 5.41) is 0. The van der Waals surface area contributed by atoms with Gasteiger partial charge >= 0.3 is 167 Å². The Morgan fingerprint density at radius 2 is 1.27 bits per heavy atom. The zero-order chi connectivity index (χ0) is 19.9. The summed E-state index contributed by atoms with van der Waals surface area (Å²) in [6, 6.07) is 0. The van der Waals surface area contributed by atoms with Crippen molar-refractivity contribution < 1.29 is 9.53 Å². The molecule has 0 saturated heterocycles. The SMILES string of the molecule is CCC[CH2][Sn](/[CH]=C/C=C\C=C/C(=O)OC(C)(C)C)([CH2]CCC)[CH2]CCC. The zero-order valence-electron chi connectivity index (χ0n) is 18.1. The fourth-order valence-electron chi connectivity index (χ4n) is 3.07. The Balaban J connectivity index is 4.86. The number of carbonyl (C=O) groups excluding carboxylic acids is 1. The van der Waals surface area contributed by atoms with Gasteiger partial charge in [-0.2, -0.15) is 0 Å². The zero-order valence-corrected chi connectivity index (χ0v) is 21.0. The number of ether oxygens (including phenoxy) is 1. The van der Waals surface area contributed by atoms with Crippen LogP contribution in [0.15, 0.2) is 34.5 Å². The topological polar surface area (TPSA) is 26.3 Å². The van der Waals surface area contributed by atoms with E-state index in [2.05, 4.69) is 37.0 Å². The van der Waals surface area contributed by atoms with Crippen molar-refractivity contribution in [2.24, 2.45) is 0 Å². The second-order valence-corrected chi connectivity index (χ2v) is 21.3. The van der Waals surface area contributed by atoms with Crippen LogP contribution in [0, 0.1) is 0 Å². The second kappa shape index (κ2) is 14.5. The van der Waals surface area contributed by atoms with Crippen LogP contribution in [0.5, 0.6) is 0 Å². The van der Waals surface area contributed by atoms with Crippen molar-refractivity contribution in [1.29, 1.82) is 0 Å². The van der Waals surface area contributed by atoms with Crippen molar-refractivity contribution in [1.82, 2.24) is 0 Å². The number of unbranched alkanes of at least 4 members (excludes halogenated alkanes) is 3. The first-order valence-corrected chi connectivity index (χ1v) is 18.2. The number of allylic oxidation sites excluding steroid dienone is 4. The molecule has 3 heteroatoms. The van der Waals surface area contributed by atoms with Crippen molar-refractivity contribution in [2.45, 2.75) is 99.0 Å². The van der Waals surface area contributed by atoms with Gasteiger partial charge in [-0.15, -0.1) is 0 Å². The van der Waals surface area contributed by atoms with Gasteiger partial charge in [-0.25, -0.2) is 0 Å². The molecule has 0 aromatic heterocycles. The van der Waals surface area contributed by atoms with E-state index in [4.69, 9.17) is 4.74 Å². The predicted octanol–water partition coefficient (Wildman–Crippen LogP) is 7.39. The Kier molecular flexibility index (Phi) is 14.2. The third-order valence-corrected chi connectivity index (χ3v) is 18.6. The summed E-state index contributed by atoms with van der Waals surface area (Å²) in [7, 11) is 0. The van der Waals surface area contributed by atoms with Crippen LogP contribution in [-0.2, 0) is 9.53 Å². The van der Waals surface area contributed by atoms with Gasteiger partial charge in [0.1, 0.15) is 0 Å². The summed E-state index contributed by atoms with van der Waals surface area (Å²) in [5.41, 5.74) is -0.434. The van der Waals surface area contributed by atoms with Gasteiger partial charge in [0.2, 0.25) is 0 Å². The number of hydrogen-bond donors (Lipinski definition) is 0. The Morgan fingerprint density at radius 3 is 1.69 bits per heavy atom. The molecular formula is C23H42O2Sn. The fourth-order valence-corrected chi connectivity index (χ4v) is 17.2. The number of hydrogen-bond acceptors (Lipinski definition) is 2. The molecule has 0 spiro atoms. The summed E-state index contributed by atoms with van der Waals surface area (Å²) in [6.45, 7) is 12.6. The molecule has 0 aromatic carbocycles. The first-order chi connectivity index (χ1) is 12.3. The number of carbonyl (C=O) groups is 1. The quantitative estimate of drug-likeness (QED) is 0.122. The van der Waals surface area contributed by atoms with Gasteiger partial charge in [0, 0.05) is 0 Å². The molecule has 0 heterocycles. The molecule has 0 amide bonds. The van der Waals surface area contributed by atoms with Gasteiger partial charge in [-0.1, -0.05) is 0 Å². The van der Waals surface area contributed by atoms with Gasteiger partial charge in [0.15, 0.2) is 0 Å². The molecule has 150 valence electrons. The predicted molar refractivity (Wildman–Crippen MR) is 118 cm³/mol. The minimum absolute atomic E-state index is 0.284. The molecule has 0 saturated carbocycles. The van der Waals surface area contributed by atoms with Crippen LogP contribution in [0.1, 0.15) is 80.1 Å². The van der Waals surface area contributed by atoms with Crippen molar-refractivity contribution in [3.8, 4) is 0 Å². The Morgan fingerprint density at radius 1 is 0.808 bits per heavy atom. The summed E-state index contributed by atoms with van der Waals surface area (Å²) in [6.07, 6.45) is 17.6. The monoisotopic (exact) mass is 470 g/mol. The molecule has 0 atom stereocenters. The van der Waals surface area contributed by atoms with E-state index in [0.717, 1.165) is 0 Å². The molecule has 0 aliphatic carbocycles. The minimum atomic E-state index is -2.17. The van der Waals surface area contributed by atoms with Crippen molar-refractivity contribution in [2.75, 3.05) is 0 Å². The van der Waals surface area contributed by atoms with E-state index in [1.54, 1.807) is 6.08 Å². The first kappa shape index (κ1) is 25.5. The van der Waals surface area contributed by atoms with Crippen LogP contribution in [0.2, 0.25) is 13.3 Å². The van der Waals surface area contributed by atoms with Crippen LogP contribution in [0.25, 0.3) is 0 Å². The summed E-state index contributed by atoms with van der Waals surface area (Å²) in [5.74, 6) is -0.284. The summed E-state index contributed by atoms with van der Waals surface area (Å²) in [4.78, 5) is 11.7. The van der Waals surface area contributed by atoms with E-state index >= 15 is 0 Å². The van der Waals surface area contributed by atoms with Crippen molar-refractivity contribution in [3.05, 3.63) is 34.5 Å². The van der Waals surface area contributed by atoms with Crippen molar-refractivity contribution in [3.63, 3.8) is 0 Å². The average molecular weight is 469 g/mol. The van der Waals surface area contributed by atoms with E-state index in [9.17, 15) is 4.79 Å². The Bertz CT molecular complexity index is 434. The Hall–Kier alpha value is -0.511. The first-order valence-electron chi connectivity index (χ1n) is 10.5. The van der Waals surface area contributed by atoms with Crippen LogP contribution in [0.3, 0.4) is 0 Å². The van der Waals surface area contributed by atoms with Gasteiger partial charge in [-0.3, -0.25) is 0 Å². The molecule has 0 aliphatic rings. The van der Waals surface area contributed by atoms with E-state index in [1.807, 2.05) is 26.8 Å². The number of rotatable bonds is 13. The van der Waals surface area contributed by atoms with Crippen LogP contribution >= 0.6 is 0 Å². The third-order valence-electron chi connectivity index (χ3n) is 4.51. The van der Waals surface area contributed by atoms with E-state index < -0.39 is 24.0 Å². The van der Waals surface area contributed by atoms with Gasteiger partial charge in [0.05, 0.1) is 0 Å². The third kappa shape index (κ3) is 13.7. The van der Waals surface area contributed by atoms with Crippen LogP contribution in [0.4, 0.5) is 0 Å². The van der Waals surface area contributed by atoms with Gasteiger partial charge in [0.25, 0.3) is 0 Å². The summed E-state index contributed by atoms with van der Waals surface area (Å²) >= 11 is -2.17. The fraction of sp³-hybridized carbons (Fsp3) is 0.696. The molecule has 2 nitrogen and oxygen atoms in total. The average Bonchev–Trinajstić information content (AvgIpc) is 2.57. The molecule has 0 fully saturated rings. The van der Waals surface area contributed by atoms with Crippen LogP contribution in [-0.4, -0.2) is 29.9 Å². The van der Waals surface area contributed by atoms with Crippen molar-refractivity contribution >= 4 is 24.3 Å². The molecule has 0 radical (unpaired) electrons. The summed E-state index contributed by atoms with van der Waals surface area (Å²) < 4.78 is 12.4. The molecular weight excluding hydrogens is 427 g/mol. The molecule has 0 rings (SSSR count). The molecule has 0 aromatic rings. The van der Waals surface area contributed by atoms with E-state index in [-0.39, 0.29) is 5.97 Å². The Labute approximate surface area is 167 Å². The normalized spacial score (nSPS) is 13.3. The van der Waals surface area contributed by atoms with E-state index in [0.29, 0.717) is 0 Å². The van der Waals surface area contributed by atoms with E-state index in [1.165, 1.54) is 57.9 Å². The standard InChI is InChI=1S/C11H15O2.3C4H9.Sn/c1-5-6-7-8-9-10(12)13-11(2,3)4;3*1-3-4-2;/h1,5-9H,2-4H3;3*1,3-4H2,2H3;/b5-1?,7-6-,9-8-;;;;. The van der Waals surface area contributed by atoms with Gasteiger partial charge in [-0.05, 0) is 0 Å². The number of esters is 1. The second-order valence-electron chi connectivity index (χ2n) is 8.31.